The highest BCUT2D eigenvalue weighted by Gasteiger charge is 2.08. The van der Waals surface area contributed by atoms with E-state index in [1.165, 1.54) is 6.92 Å². The average Bonchev–Trinajstić information content (AvgIpc) is 2.70. The van der Waals surface area contributed by atoms with E-state index < -0.39 is 0 Å². The Morgan fingerprint density at radius 2 is 1.71 bits per heavy atom. The van der Waals surface area contributed by atoms with Gasteiger partial charge in [0.1, 0.15) is 0 Å². The fourth-order valence-electron chi connectivity index (χ4n) is 2.45. The van der Waals surface area contributed by atoms with Crippen LogP contribution in [0.1, 0.15) is 30.6 Å². The highest BCUT2D eigenvalue weighted by atomic mass is 16.2. The van der Waals surface area contributed by atoms with Crippen molar-refractivity contribution in [2.45, 2.75) is 20.3 Å². The van der Waals surface area contributed by atoms with E-state index in [0.29, 0.717) is 17.8 Å². The lowest BCUT2D eigenvalue weighted by molar-refractivity contribution is -0.116. The third kappa shape index (κ3) is 6.12. The third-order valence-corrected chi connectivity index (χ3v) is 4.12. The number of nitrogens with zero attached hydrogens (tertiary/aromatic N) is 1. The molecule has 0 heterocycles. The Balaban J connectivity index is 1.89. The first-order chi connectivity index (χ1) is 13.4. The van der Waals surface area contributed by atoms with Crippen LogP contribution in [0.3, 0.4) is 0 Å². The number of hydrogen-bond acceptors (Lipinski definition) is 4. The quantitative estimate of drug-likeness (QED) is 0.655. The molecular formula is C21H26N4O3. The van der Waals surface area contributed by atoms with E-state index in [9.17, 15) is 14.4 Å². The van der Waals surface area contributed by atoms with Gasteiger partial charge in [-0.1, -0.05) is 13.0 Å². The van der Waals surface area contributed by atoms with Crippen molar-refractivity contribution >= 4 is 34.8 Å². The second-order valence-corrected chi connectivity index (χ2v) is 6.36. The van der Waals surface area contributed by atoms with Crippen LogP contribution in [0, 0.1) is 0 Å². The topological polar surface area (TPSA) is 90.5 Å². The van der Waals surface area contributed by atoms with Gasteiger partial charge in [-0.3, -0.25) is 14.4 Å². The average molecular weight is 382 g/mol. The molecule has 148 valence electrons. The van der Waals surface area contributed by atoms with Crippen LogP contribution < -0.4 is 20.9 Å². The molecule has 0 aliphatic carbocycles. The molecule has 2 rings (SSSR count). The standard InChI is InChI=1S/C21H26N4O3/c1-4-12-22-21(28)16-6-5-7-18(13-16)24-20(27)14-23-17-8-10-19(11-9-17)25(3)15(2)26/h5-11,13,23H,4,12,14H2,1-3H3,(H,22,28)(H,24,27). The number of carbonyl (C=O) groups is 3. The van der Waals surface area contributed by atoms with Gasteiger partial charge in [-0.15, -0.1) is 0 Å². The fraction of sp³-hybridized carbons (Fsp3) is 0.286. The van der Waals surface area contributed by atoms with Crippen molar-refractivity contribution in [3.8, 4) is 0 Å². The molecule has 0 spiro atoms. The van der Waals surface area contributed by atoms with E-state index in [0.717, 1.165) is 17.8 Å². The van der Waals surface area contributed by atoms with Crippen molar-refractivity contribution in [3.05, 3.63) is 54.1 Å². The largest absolute Gasteiger partial charge is 0.376 e. The molecule has 0 atom stereocenters. The van der Waals surface area contributed by atoms with Gasteiger partial charge in [0.05, 0.1) is 6.54 Å². The molecule has 0 saturated heterocycles. The van der Waals surface area contributed by atoms with Crippen LogP contribution in [0.5, 0.6) is 0 Å². The number of amides is 3. The monoisotopic (exact) mass is 382 g/mol. The summed E-state index contributed by atoms with van der Waals surface area (Å²) in [5, 5.41) is 8.61. The zero-order chi connectivity index (χ0) is 20.5. The van der Waals surface area contributed by atoms with Gasteiger partial charge < -0.3 is 20.9 Å². The molecule has 7 nitrogen and oxygen atoms in total. The normalized spacial score (nSPS) is 10.1. The van der Waals surface area contributed by atoms with Crippen molar-refractivity contribution < 1.29 is 14.4 Å². The van der Waals surface area contributed by atoms with Gasteiger partial charge in [0.2, 0.25) is 11.8 Å². The van der Waals surface area contributed by atoms with Gasteiger partial charge in [0.15, 0.2) is 0 Å². The summed E-state index contributed by atoms with van der Waals surface area (Å²) in [6.45, 7) is 4.17. The smallest absolute Gasteiger partial charge is 0.251 e. The van der Waals surface area contributed by atoms with Gasteiger partial charge in [-0.2, -0.15) is 0 Å². The Kier molecular flexibility index (Phi) is 7.56. The highest BCUT2D eigenvalue weighted by Crippen LogP contribution is 2.17. The zero-order valence-corrected chi connectivity index (χ0v) is 16.4. The van der Waals surface area contributed by atoms with Crippen molar-refractivity contribution in [2.75, 3.05) is 35.7 Å². The lowest BCUT2D eigenvalue weighted by atomic mass is 10.2. The molecule has 0 fully saturated rings. The van der Waals surface area contributed by atoms with Crippen LogP contribution in [0.25, 0.3) is 0 Å². The van der Waals surface area contributed by atoms with E-state index in [1.807, 2.05) is 6.92 Å². The van der Waals surface area contributed by atoms with Gasteiger partial charge >= 0.3 is 0 Å². The Morgan fingerprint density at radius 1 is 1.00 bits per heavy atom. The van der Waals surface area contributed by atoms with E-state index in [1.54, 1.807) is 60.5 Å². The summed E-state index contributed by atoms with van der Waals surface area (Å²) in [5.41, 5.74) is 2.61. The van der Waals surface area contributed by atoms with Crippen LogP contribution in [0.2, 0.25) is 0 Å². The molecule has 0 aromatic heterocycles. The SMILES string of the molecule is CCCNC(=O)c1cccc(NC(=O)CNc2ccc(N(C)C(C)=O)cc2)c1. The number of hydrogen-bond donors (Lipinski definition) is 3. The predicted octanol–water partition coefficient (Wildman–Crippen LogP) is 2.86. The summed E-state index contributed by atoms with van der Waals surface area (Å²) < 4.78 is 0. The summed E-state index contributed by atoms with van der Waals surface area (Å²) in [6, 6.07) is 14.0. The maximum absolute atomic E-state index is 12.2. The maximum atomic E-state index is 12.2. The molecule has 7 heteroatoms. The number of anilines is 3. The van der Waals surface area contributed by atoms with Crippen LogP contribution in [-0.4, -0.2) is 37.9 Å². The van der Waals surface area contributed by atoms with Crippen molar-refractivity contribution in [1.82, 2.24) is 5.32 Å². The van der Waals surface area contributed by atoms with Gasteiger partial charge in [0.25, 0.3) is 5.91 Å². The minimum atomic E-state index is -0.226. The van der Waals surface area contributed by atoms with E-state index >= 15 is 0 Å². The molecule has 0 unspecified atom stereocenters. The van der Waals surface area contributed by atoms with E-state index in [2.05, 4.69) is 16.0 Å². The van der Waals surface area contributed by atoms with E-state index in [4.69, 9.17) is 0 Å². The molecule has 3 amide bonds. The lowest BCUT2D eigenvalue weighted by Gasteiger charge is -2.15. The van der Waals surface area contributed by atoms with Gasteiger partial charge in [-0.05, 0) is 48.9 Å². The first-order valence-electron chi connectivity index (χ1n) is 9.17. The Hall–Kier alpha value is -3.35. The number of rotatable bonds is 8. The van der Waals surface area contributed by atoms with Gasteiger partial charge in [-0.25, -0.2) is 0 Å². The van der Waals surface area contributed by atoms with Crippen molar-refractivity contribution in [2.24, 2.45) is 0 Å². The van der Waals surface area contributed by atoms with Crippen LogP contribution >= 0.6 is 0 Å². The van der Waals surface area contributed by atoms with Crippen LogP contribution in [0.4, 0.5) is 17.1 Å². The molecule has 0 radical (unpaired) electrons. The molecule has 0 aliphatic heterocycles. The van der Waals surface area contributed by atoms with Crippen molar-refractivity contribution in [1.29, 1.82) is 0 Å². The predicted molar refractivity (Wildman–Crippen MR) is 112 cm³/mol. The molecular weight excluding hydrogens is 356 g/mol. The molecule has 0 aliphatic rings. The summed E-state index contributed by atoms with van der Waals surface area (Å²) in [6.07, 6.45) is 0.861. The number of carbonyl (C=O) groups excluding carboxylic acids is 3. The van der Waals surface area contributed by atoms with Crippen LogP contribution in [-0.2, 0) is 9.59 Å². The third-order valence-electron chi connectivity index (χ3n) is 4.12. The number of nitrogens with one attached hydrogen (secondary N) is 3. The molecule has 2 aromatic carbocycles. The lowest BCUT2D eigenvalue weighted by Crippen LogP contribution is -2.25. The molecule has 3 N–H and O–H groups in total. The van der Waals surface area contributed by atoms with Crippen LogP contribution in [0.15, 0.2) is 48.5 Å². The second-order valence-electron chi connectivity index (χ2n) is 6.36. The fourth-order valence-corrected chi connectivity index (χ4v) is 2.45. The zero-order valence-electron chi connectivity index (χ0n) is 16.4. The maximum Gasteiger partial charge on any atom is 0.251 e. The van der Waals surface area contributed by atoms with E-state index in [-0.39, 0.29) is 24.3 Å². The molecule has 0 saturated carbocycles. The number of benzene rings is 2. The molecule has 28 heavy (non-hydrogen) atoms. The second kappa shape index (κ2) is 10.1. The summed E-state index contributed by atoms with van der Waals surface area (Å²) in [7, 11) is 1.70. The Labute approximate surface area is 165 Å². The minimum absolute atomic E-state index is 0.0503. The Bertz CT molecular complexity index is 834. The molecule has 2 aromatic rings. The van der Waals surface area contributed by atoms with Crippen molar-refractivity contribution in [3.63, 3.8) is 0 Å². The Morgan fingerprint density at radius 3 is 2.36 bits per heavy atom. The highest BCUT2D eigenvalue weighted by molar-refractivity contribution is 5.98. The summed E-state index contributed by atoms with van der Waals surface area (Å²) in [5.74, 6) is -0.437. The van der Waals surface area contributed by atoms with Gasteiger partial charge in [0, 0.05) is 43.1 Å². The summed E-state index contributed by atoms with van der Waals surface area (Å²) >= 11 is 0. The minimum Gasteiger partial charge on any atom is -0.376 e. The molecule has 0 bridgehead atoms. The first-order valence-corrected chi connectivity index (χ1v) is 9.17. The first kappa shape index (κ1) is 21.0. The summed E-state index contributed by atoms with van der Waals surface area (Å²) in [4.78, 5) is 37.1.